The number of hydrogen-bond donors (Lipinski definition) is 4. The average Bonchev–Trinajstić information content (AvgIpc) is 3.15. The summed E-state index contributed by atoms with van der Waals surface area (Å²) in [6, 6.07) is 8.11. The van der Waals surface area contributed by atoms with Crippen LogP contribution in [0.4, 0.5) is 31.1 Å². The highest BCUT2D eigenvalue weighted by atomic mass is 35.5. The number of benzene rings is 2. The number of aliphatic hydroxyl groups excluding tert-OH is 1. The van der Waals surface area contributed by atoms with Crippen LogP contribution in [-0.4, -0.2) is 50.2 Å². The molecular formula is C24H21ClF6N4O5. The summed E-state index contributed by atoms with van der Waals surface area (Å²) in [7, 11) is 0. The second-order valence-corrected chi connectivity index (χ2v) is 8.97. The quantitative estimate of drug-likeness (QED) is 0.278. The maximum Gasteiger partial charge on any atom is 0.416 e. The molecule has 1 heterocycles. The van der Waals surface area contributed by atoms with E-state index >= 15 is 0 Å². The molecular weight excluding hydrogens is 574 g/mol. The minimum absolute atomic E-state index is 0.0836. The van der Waals surface area contributed by atoms with E-state index in [4.69, 9.17) is 16.7 Å². The van der Waals surface area contributed by atoms with Crippen molar-refractivity contribution in [3.05, 3.63) is 81.4 Å². The lowest BCUT2D eigenvalue weighted by atomic mass is 10.0. The molecule has 2 unspecified atom stereocenters. The molecule has 1 aromatic heterocycles. The highest BCUT2D eigenvalue weighted by molar-refractivity contribution is 6.30. The predicted molar refractivity (Wildman–Crippen MR) is 130 cm³/mol. The molecule has 0 saturated heterocycles. The summed E-state index contributed by atoms with van der Waals surface area (Å²) in [4.78, 5) is 36.8. The molecule has 0 radical (unpaired) electrons. The van der Waals surface area contributed by atoms with Crippen molar-refractivity contribution in [3.8, 4) is 11.3 Å². The molecule has 4 N–H and O–H groups in total. The SMILES string of the molecule is O=C(O)NCC(NC(=O)Cn1cc(-c2ccc(Cl)cc2)n(CC(O)C(F)(F)F)c1=O)c1cccc(C(F)(F)F)c1. The van der Waals surface area contributed by atoms with Crippen LogP contribution in [0.1, 0.15) is 17.2 Å². The number of aliphatic hydroxyl groups is 1. The van der Waals surface area contributed by atoms with Gasteiger partial charge in [0.2, 0.25) is 5.91 Å². The standard InChI is InChI=1S/C24H21ClF6N4O5/c25-16-6-4-13(5-7-16)18-10-34(22(40)35(18)11-19(36)24(29,30)31)12-20(37)33-17(9-32-21(38)39)14-2-1-3-15(8-14)23(26,27)28/h1-8,10,17,19,32,36H,9,11-12H2,(H,33,37)(H,38,39). The molecule has 0 aliphatic rings. The van der Waals surface area contributed by atoms with Crippen LogP contribution in [0.5, 0.6) is 0 Å². The lowest BCUT2D eigenvalue weighted by molar-refractivity contribution is -0.207. The summed E-state index contributed by atoms with van der Waals surface area (Å²) in [5, 5.41) is 23.1. The predicted octanol–water partition coefficient (Wildman–Crippen LogP) is 4.04. The topological polar surface area (TPSA) is 126 Å². The van der Waals surface area contributed by atoms with E-state index in [0.29, 0.717) is 15.7 Å². The van der Waals surface area contributed by atoms with Crippen LogP contribution in [0.15, 0.2) is 59.5 Å². The first-order valence-electron chi connectivity index (χ1n) is 11.3. The molecule has 3 aromatic rings. The number of alkyl halides is 6. The first-order chi connectivity index (χ1) is 18.6. The Morgan fingerprint density at radius 3 is 2.25 bits per heavy atom. The molecule has 2 atom stereocenters. The zero-order chi connectivity index (χ0) is 29.8. The lowest BCUT2D eigenvalue weighted by Gasteiger charge is -2.20. The largest absolute Gasteiger partial charge is 0.465 e. The van der Waals surface area contributed by atoms with Crippen molar-refractivity contribution in [2.45, 2.75) is 37.6 Å². The molecule has 0 bridgehead atoms. The molecule has 0 spiro atoms. The summed E-state index contributed by atoms with van der Waals surface area (Å²) in [6.07, 6.45) is -13.1. The van der Waals surface area contributed by atoms with Crippen molar-refractivity contribution < 1.29 is 46.1 Å². The number of carboxylic acid groups (broad SMARTS) is 1. The lowest BCUT2D eigenvalue weighted by Crippen LogP contribution is -2.41. The fraction of sp³-hybridized carbons (Fsp3) is 0.292. The van der Waals surface area contributed by atoms with Crippen molar-refractivity contribution in [1.82, 2.24) is 19.8 Å². The van der Waals surface area contributed by atoms with Gasteiger partial charge in [-0.25, -0.2) is 9.59 Å². The third-order valence-electron chi connectivity index (χ3n) is 5.64. The van der Waals surface area contributed by atoms with E-state index in [1.54, 1.807) is 0 Å². The molecule has 0 aliphatic heterocycles. The number of carbonyl (C=O) groups excluding carboxylic acids is 1. The van der Waals surface area contributed by atoms with Gasteiger partial charge >= 0.3 is 24.1 Å². The Hall–Kier alpha value is -3.98. The number of carbonyl (C=O) groups is 2. The number of amides is 2. The van der Waals surface area contributed by atoms with Crippen LogP contribution in [-0.2, 0) is 24.1 Å². The van der Waals surface area contributed by atoms with Crippen molar-refractivity contribution in [2.75, 3.05) is 6.54 Å². The molecule has 16 heteroatoms. The summed E-state index contributed by atoms with van der Waals surface area (Å²) in [5.74, 6) is -0.965. The first kappa shape index (κ1) is 30.6. The smallest absolute Gasteiger partial charge is 0.416 e. The minimum atomic E-state index is -5.05. The number of imidazole rings is 1. The molecule has 0 fully saturated rings. The van der Waals surface area contributed by atoms with Gasteiger partial charge in [-0.3, -0.25) is 13.9 Å². The fourth-order valence-electron chi connectivity index (χ4n) is 3.72. The molecule has 3 rings (SSSR count). The van der Waals surface area contributed by atoms with Gasteiger partial charge in [0.25, 0.3) is 0 Å². The van der Waals surface area contributed by atoms with Gasteiger partial charge in [-0.1, -0.05) is 35.9 Å². The van der Waals surface area contributed by atoms with Crippen LogP contribution in [0.2, 0.25) is 5.02 Å². The molecule has 2 amide bonds. The highest BCUT2D eigenvalue weighted by Crippen LogP contribution is 2.31. The zero-order valence-electron chi connectivity index (χ0n) is 20.1. The normalized spacial score (nSPS) is 13.5. The van der Waals surface area contributed by atoms with Gasteiger partial charge in [0, 0.05) is 17.8 Å². The van der Waals surface area contributed by atoms with E-state index in [2.05, 4.69) is 5.32 Å². The Balaban J connectivity index is 1.93. The Bertz CT molecular complexity index is 1420. The van der Waals surface area contributed by atoms with Crippen LogP contribution in [0.25, 0.3) is 11.3 Å². The molecule has 9 nitrogen and oxygen atoms in total. The summed E-state index contributed by atoms with van der Waals surface area (Å²) >= 11 is 5.85. The van der Waals surface area contributed by atoms with Gasteiger partial charge in [-0.05, 0) is 35.4 Å². The number of nitrogens with zero attached hydrogens (tertiary/aromatic N) is 2. The van der Waals surface area contributed by atoms with Gasteiger partial charge < -0.3 is 20.8 Å². The second-order valence-electron chi connectivity index (χ2n) is 8.53. The Kier molecular flexibility index (Phi) is 9.20. The molecule has 0 aliphatic carbocycles. The van der Waals surface area contributed by atoms with Crippen molar-refractivity contribution >= 4 is 23.6 Å². The van der Waals surface area contributed by atoms with Crippen LogP contribution < -0.4 is 16.3 Å². The second kappa shape index (κ2) is 12.0. The maximum atomic E-state index is 13.2. The molecule has 216 valence electrons. The minimum Gasteiger partial charge on any atom is -0.465 e. The maximum absolute atomic E-state index is 13.2. The number of halogens is 7. The fourth-order valence-corrected chi connectivity index (χ4v) is 3.84. The van der Waals surface area contributed by atoms with Gasteiger partial charge in [0.1, 0.15) is 6.54 Å². The van der Waals surface area contributed by atoms with Crippen molar-refractivity contribution in [1.29, 1.82) is 0 Å². The summed E-state index contributed by atoms with van der Waals surface area (Å²) < 4.78 is 80.0. The third-order valence-corrected chi connectivity index (χ3v) is 5.89. The van der Waals surface area contributed by atoms with E-state index in [1.165, 1.54) is 30.3 Å². The van der Waals surface area contributed by atoms with E-state index in [0.717, 1.165) is 22.9 Å². The Morgan fingerprint density at radius 1 is 1.02 bits per heavy atom. The molecule has 2 aromatic carbocycles. The first-order valence-corrected chi connectivity index (χ1v) is 11.7. The van der Waals surface area contributed by atoms with Gasteiger partial charge in [-0.15, -0.1) is 0 Å². The zero-order valence-corrected chi connectivity index (χ0v) is 20.9. The summed E-state index contributed by atoms with van der Waals surface area (Å²) in [5.41, 5.74) is -2.09. The number of rotatable bonds is 9. The number of hydrogen-bond acceptors (Lipinski definition) is 4. The van der Waals surface area contributed by atoms with Gasteiger partial charge in [0.05, 0.1) is 23.8 Å². The third kappa shape index (κ3) is 7.79. The van der Waals surface area contributed by atoms with Crippen LogP contribution in [0.3, 0.4) is 0 Å². The monoisotopic (exact) mass is 594 g/mol. The molecule has 0 saturated carbocycles. The Morgan fingerprint density at radius 2 is 1.68 bits per heavy atom. The highest BCUT2D eigenvalue weighted by Gasteiger charge is 2.39. The Labute approximate surface area is 226 Å². The average molecular weight is 595 g/mol. The van der Waals surface area contributed by atoms with Gasteiger partial charge in [0.15, 0.2) is 6.10 Å². The number of aromatic nitrogens is 2. The molecule has 40 heavy (non-hydrogen) atoms. The van der Waals surface area contributed by atoms with Crippen LogP contribution >= 0.6 is 11.6 Å². The van der Waals surface area contributed by atoms with E-state index in [1.807, 2.05) is 5.32 Å². The number of nitrogens with one attached hydrogen (secondary N) is 2. The van der Waals surface area contributed by atoms with Crippen molar-refractivity contribution in [2.24, 2.45) is 0 Å². The van der Waals surface area contributed by atoms with E-state index in [-0.39, 0.29) is 16.8 Å². The van der Waals surface area contributed by atoms with Crippen molar-refractivity contribution in [3.63, 3.8) is 0 Å². The summed E-state index contributed by atoms with van der Waals surface area (Å²) in [6.45, 7) is -2.52. The van der Waals surface area contributed by atoms with E-state index < -0.39 is 67.4 Å². The van der Waals surface area contributed by atoms with Gasteiger partial charge in [-0.2, -0.15) is 26.3 Å². The van der Waals surface area contributed by atoms with Crippen LogP contribution in [0, 0.1) is 0 Å². The van der Waals surface area contributed by atoms with E-state index in [9.17, 15) is 45.8 Å².